The maximum Gasteiger partial charge on any atom is 0.224 e. The highest BCUT2D eigenvalue weighted by atomic mass is 16.3. The van der Waals surface area contributed by atoms with Gasteiger partial charge in [0.1, 0.15) is 0 Å². The number of aliphatic hydroxyl groups is 1. The van der Waals surface area contributed by atoms with E-state index in [2.05, 4.69) is 11.4 Å². The summed E-state index contributed by atoms with van der Waals surface area (Å²) in [5.74, 6) is 0.489. The first kappa shape index (κ1) is 14.2. The van der Waals surface area contributed by atoms with Gasteiger partial charge in [0.25, 0.3) is 0 Å². The Morgan fingerprint density at radius 1 is 1.53 bits per heavy atom. The van der Waals surface area contributed by atoms with E-state index in [4.69, 9.17) is 5.11 Å². The molecule has 3 nitrogen and oxygen atoms in total. The third-order valence-corrected chi connectivity index (χ3v) is 3.28. The number of rotatable bonds is 7. The molecule has 3 heteroatoms. The van der Waals surface area contributed by atoms with Gasteiger partial charge in [-0.25, -0.2) is 0 Å². The molecule has 0 radical (unpaired) electrons. The summed E-state index contributed by atoms with van der Waals surface area (Å²) in [6, 6.07) is 0. The van der Waals surface area contributed by atoms with E-state index in [1.54, 1.807) is 0 Å². The van der Waals surface area contributed by atoms with E-state index in [9.17, 15) is 4.79 Å². The Hall–Kier alpha value is -0.830. The van der Waals surface area contributed by atoms with Gasteiger partial charge in [0.05, 0.1) is 0 Å². The molecular weight excluding hydrogens is 214 g/mol. The second-order valence-corrected chi connectivity index (χ2v) is 5.06. The number of hydrogen-bond acceptors (Lipinski definition) is 2. The average Bonchev–Trinajstić information content (AvgIpc) is 2.35. The zero-order valence-electron chi connectivity index (χ0n) is 10.9. The smallest absolute Gasteiger partial charge is 0.224 e. The Balaban J connectivity index is 2.06. The number of nitrogens with one attached hydrogen (secondary N) is 1. The van der Waals surface area contributed by atoms with Gasteiger partial charge in [-0.15, -0.1) is 0 Å². The molecule has 17 heavy (non-hydrogen) atoms. The van der Waals surface area contributed by atoms with Gasteiger partial charge in [-0.2, -0.15) is 0 Å². The monoisotopic (exact) mass is 239 g/mol. The quantitative estimate of drug-likeness (QED) is 0.529. The molecule has 0 aromatic rings. The van der Waals surface area contributed by atoms with Crippen molar-refractivity contribution in [2.75, 3.05) is 13.2 Å². The number of hydrogen-bond donors (Lipinski definition) is 2. The van der Waals surface area contributed by atoms with Crippen molar-refractivity contribution in [3.8, 4) is 0 Å². The van der Waals surface area contributed by atoms with Crippen LogP contribution in [0.5, 0.6) is 0 Å². The molecule has 0 saturated heterocycles. The van der Waals surface area contributed by atoms with Crippen LogP contribution in [0.3, 0.4) is 0 Å². The summed E-state index contributed by atoms with van der Waals surface area (Å²) in [6.07, 6.45) is 9.45. The lowest BCUT2D eigenvalue weighted by Gasteiger charge is -2.13. The Bertz CT molecular complexity index is 261. The van der Waals surface area contributed by atoms with E-state index in [0.717, 1.165) is 32.2 Å². The minimum atomic E-state index is 0.148. The number of amides is 1. The van der Waals surface area contributed by atoms with E-state index in [1.807, 2.05) is 6.92 Å². The third kappa shape index (κ3) is 6.47. The summed E-state index contributed by atoms with van der Waals surface area (Å²) in [5.41, 5.74) is 1.30. The van der Waals surface area contributed by atoms with E-state index in [0.29, 0.717) is 12.3 Å². The van der Waals surface area contributed by atoms with E-state index in [-0.39, 0.29) is 12.5 Å². The molecule has 1 rings (SSSR count). The minimum absolute atomic E-state index is 0.148. The molecule has 0 aromatic carbocycles. The van der Waals surface area contributed by atoms with Gasteiger partial charge in [-0.05, 0) is 44.4 Å². The normalized spacial score (nSPS) is 17.4. The fourth-order valence-corrected chi connectivity index (χ4v) is 2.10. The molecule has 0 fully saturated rings. The maximum absolute atomic E-state index is 11.6. The summed E-state index contributed by atoms with van der Waals surface area (Å²) in [7, 11) is 0. The molecule has 2 N–H and O–H groups in total. The molecule has 0 aromatic heterocycles. The predicted octanol–water partition coefficient (Wildman–Crippen LogP) is 2.40. The van der Waals surface area contributed by atoms with Crippen LogP contribution < -0.4 is 5.32 Å². The minimum Gasteiger partial charge on any atom is -0.396 e. The van der Waals surface area contributed by atoms with Crippen molar-refractivity contribution in [3.63, 3.8) is 0 Å². The molecule has 98 valence electrons. The fourth-order valence-electron chi connectivity index (χ4n) is 2.10. The SMILES string of the molecule is CC(CO)CCCNC(=O)CC1=CCCCC1. The van der Waals surface area contributed by atoms with Crippen LogP contribution in [0.15, 0.2) is 11.6 Å². The van der Waals surface area contributed by atoms with Crippen molar-refractivity contribution in [1.29, 1.82) is 0 Å². The van der Waals surface area contributed by atoms with Gasteiger partial charge in [0, 0.05) is 19.6 Å². The number of aliphatic hydroxyl groups excluding tert-OH is 1. The second-order valence-electron chi connectivity index (χ2n) is 5.06. The van der Waals surface area contributed by atoms with Crippen molar-refractivity contribution < 1.29 is 9.90 Å². The number of allylic oxidation sites excluding steroid dienone is 1. The lowest BCUT2D eigenvalue weighted by molar-refractivity contribution is -0.120. The first-order valence-electron chi connectivity index (χ1n) is 6.78. The molecule has 1 aliphatic carbocycles. The predicted molar refractivity (Wildman–Crippen MR) is 69.7 cm³/mol. The number of carbonyl (C=O) groups excluding carboxylic acids is 1. The van der Waals surface area contributed by atoms with Crippen LogP contribution in [-0.2, 0) is 4.79 Å². The van der Waals surface area contributed by atoms with Gasteiger partial charge in [0.2, 0.25) is 5.91 Å². The first-order valence-corrected chi connectivity index (χ1v) is 6.78. The Labute approximate surface area is 104 Å². The molecule has 1 atom stereocenters. The van der Waals surface area contributed by atoms with Gasteiger partial charge < -0.3 is 10.4 Å². The molecule has 1 aliphatic rings. The van der Waals surface area contributed by atoms with Crippen LogP contribution in [0.4, 0.5) is 0 Å². The molecule has 0 aliphatic heterocycles. The topological polar surface area (TPSA) is 49.3 Å². The van der Waals surface area contributed by atoms with Crippen LogP contribution >= 0.6 is 0 Å². The first-order chi connectivity index (χ1) is 8.22. The van der Waals surface area contributed by atoms with Crippen molar-refractivity contribution in [2.24, 2.45) is 5.92 Å². The summed E-state index contributed by atoms with van der Waals surface area (Å²) in [4.78, 5) is 11.6. The van der Waals surface area contributed by atoms with Crippen molar-refractivity contribution in [1.82, 2.24) is 5.32 Å². The molecule has 0 spiro atoms. The third-order valence-electron chi connectivity index (χ3n) is 3.28. The highest BCUT2D eigenvalue weighted by Crippen LogP contribution is 2.19. The second kappa shape index (κ2) is 8.29. The average molecular weight is 239 g/mol. The Kier molecular flexibility index (Phi) is 6.94. The van der Waals surface area contributed by atoms with E-state index < -0.39 is 0 Å². The lowest BCUT2D eigenvalue weighted by atomic mass is 9.97. The van der Waals surface area contributed by atoms with Crippen LogP contribution in [0.25, 0.3) is 0 Å². The van der Waals surface area contributed by atoms with Gasteiger partial charge in [-0.1, -0.05) is 18.6 Å². The molecule has 0 heterocycles. The molecular formula is C14H25NO2. The molecule has 0 bridgehead atoms. The molecule has 0 saturated carbocycles. The Morgan fingerprint density at radius 3 is 3.00 bits per heavy atom. The zero-order chi connectivity index (χ0) is 12.5. The molecule has 1 unspecified atom stereocenters. The highest BCUT2D eigenvalue weighted by molar-refractivity contribution is 5.78. The standard InChI is InChI=1S/C14H25NO2/c1-12(11-16)6-5-9-15-14(17)10-13-7-3-2-4-8-13/h7,12,16H,2-6,8-11H2,1H3,(H,15,17). The van der Waals surface area contributed by atoms with Gasteiger partial charge >= 0.3 is 0 Å². The van der Waals surface area contributed by atoms with Crippen molar-refractivity contribution in [2.45, 2.75) is 51.9 Å². The van der Waals surface area contributed by atoms with Crippen LogP contribution in [0.2, 0.25) is 0 Å². The summed E-state index contributed by atoms with van der Waals surface area (Å²) >= 11 is 0. The van der Waals surface area contributed by atoms with Crippen LogP contribution in [-0.4, -0.2) is 24.2 Å². The van der Waals surface area contributed by atoms with E-state index in [1.165, 1.54) is 18.4 Å². The summed E-state index contributed by atoms with van der Waals surface area (Å²) < 4.78 is 0. The summed E-state index contributed by atoms with van der Waals surface area (Å²) in [5, 5.41) is 11.8. The lowest BCUT2D eigenvalue weighted by Crippen LogP contribution is -2.25. The maximum atomic E-state index is 11.6. The van der Waals surface area contributed by atoms with Crippen LogP contribution in [0, 0.1) is 5.92 Å². The fraction of sp³-hybridized carbons (Fsp3) is 0.786. The zero-order valence-corrected chi connectivity index (χ0v) is 10.9. The van der Waals surface area contributed by atoms with Gasteiger partial charge in [-0.3, -0.25) is 4.79 Å². The van der Waals surface area contributed by atoms with Crippen molar-refractivity contribution in [3.05, 3.63) is 11.6 Å². The number of carbonyl (C=O) groups is 1. The Morgan fingerprint density at radius 2 is 2.35 bits per heavy atom. The largest absolute Gasteiger partial charge is 0.396 e. The molecule has 1 amide bonds. The van der Waals surface area contributed by atoms with E-state index >= 15 is 0 Å². The van der Waals surface area contributed by atoms with Crippen molar-refractivity contribution >= 4 is 5.91 Å². The highest BCUT2D eigenvalue weighted by Gasteiger charge is 2.08. The summed E-state index contributed by atoms with van der Waals surface area (Å²) in [6.45, 7) is 2.99. The van der Waals surface area contributed by atoms with Gasteiger partial charge in [0.15, 0.2) is 0 Å². The van der Waals surface area contributed by atoms with Crippen LogP contribution in [0.1, 0.15) is 51.9 Å².